The summed E-state index contributed by atoms with van der Waals surface area (Å²) >= 11 is 2.08. The molecule has 1 aliphatic heterocycles. The van der Waals surface area contributed by atoms with Crippen molar-refractivity contribution < 1.29 is 0 Å². The number of nitrogens with one attached hydrogen (secondary N) is 1. The van der Waals surface area contributed by atoms with E-state index in [0.29, 0.717) is 0 Å². The quantitative estimate of drug-likeness (QED) is 0.856. The molecule has 1 N–H and O–H groups in total. The molecule has 2 rings (SSSR count). The Morgan fingerprint density at radius 1 is 1.29 bits per heavy atom. The van der Waals surface area contributed by atoms with Crippen molar-refractivity contribution in [1.29, 1.82) is 0 Å². The Labute approximate surface area is 109 Å². The lowest BCUT2D eigenvalue weighted by Gasteiger charge is -2.22. The average Bonchev–Trinajstić information content (AvgIpc) is 2.71. The van der Waals surface area contributed by atoms with E-state index in [9.17, 15) is 0 Å². The molecule has 0 radical (unpaired) electrons. The smallest absolute Gasteiger partial charge is 0.0138 e. The second-order valence-electron chi connectivity index (χ2n) is 5.30. The Morgan fingerprint density at radius 2 is 2.06 bits per heavy atom. The highest BCUT2D eigenvalue weighted by molar-refractivity contribution is 8.00. The van der Waals surface area contributed by atoms with E-state index in [1.165, 1.54) is 17.7 Å². The third-order valence-corrected chi connectivity index (χ3v) is 5.19. The summed E-state index contributed by atoms with van der Waals surface area (Å²) in [5, 5.41) is 4.08. The molecule has 0 amide bonds. The Bertz CT molecular complexity index is 339. The molecule has 0 aliphatic carbocycles. The SMILES string of the molecule is CNCC(C)C(C)CC1Cc2ccccc2S1. The van der Waals surface area contributed by atoms with Gasteiger partial charge in [-0.15, -0.1) is 11.8 Å². The molecule has 1 aromatic rings. The maximum atomic E-state index is 3.28. The monoisotopic (exact) mass is 249 g/mol. The third-order valence-electron chi connectivity index (χ3n) is 3.85. The summed E-state index contributed by atoms with van der Waals surface area (Å²) in [6.07, 6.45) is 2.60. The van der Waals surface area contributed by atoms with Gasteiger partial charge in [-0.3, -0.25) is 0 Å². The van der Waals surface area contributed by atoms with E-state index in [2.05, 4.69) is 55.2 Å². The van der Waals surface area contributed by atoms with E-state index < -0.39 is 0 Å². The van der Waals surface area contributed by atoms with Crippen LogP contribution in [0.15, 0.2) is 29.2 Å². The molecule has 17 heavy (non-hydrogen) atoms. The topological polar surface area (TPSA) is 12.0 Å². The molecule has 0 bridgehead atoms. The summed E-state index contributed by atoms with van der Waals surface area (Å²) < 4.78 is 0. The van der Waals surface area contributed by atoms with Crippen LogP contribution in [0.4, 0.5) is 0 Å². The fourth-order valence-electron chi connectivity index (χ4n) is 2.56. The van der Waals surface area contributed by atoms with Crippen LogP contribution in [0.25, 0.3) is 0 Å². The van der Waals surface area contributed by atoms with Crippen molar-refractivity contribution in [1.82, 2.24) is 5.32 Å². The van der Waals surface area contributed by atoms with Crippen LogP contribution in [-0.2, 0) is 6.42 Å². The van der Waals surface area contributed by atoms with Gasteiger partial charge in [-0.2, -0.15) is 0 Å². The van der Waals surface area contributed by atoms with E-state index in [1.807, 2.05) is 7.05 Å². The zero-order valence-corrected chi connectivity index (χ0v) is 11.9. The van der Waals surface area contributed by atoms with E-state index in [-0.39, 0.29) is 0 Å². The number of fused-ring (bicyclic) bond motifs is 1. The first kappa shape index (κ1) is 13.0. The number of benzene rings is 1. The Hall–Kier alpha value is -0.470. The molecule has 0 saturated heterocycles. The normalized spacial score (nSPS) is 22.2. The standard InChI is InChI=1S/C15H23NS/c1-11(12(2)10-16-3)8-14-9-13-6-4-5-7-15(13)17-14/h4-7,11-12,14,16H,8-10H2,1-3H3. The lowest BCUT2D eigenvalue weighted by molar-refractivity contribution is 0.352. The lowest BCUT2D eigenvalue weighted by Crippen LogP contribution is -2.24. The molecule has 3 unspecified atom stereocenters. The van der Waals surface area contributed by atoms with Gasteiger partial charge in [0.25, 0.3) is 0 Å². The molecule has 94 valence electrons. The minimum absolute atomic E-state index is 0.768. The van der Waals surface area contributed by atoms with Crippen molar-refractivity contribution in [3.63, 3.8) is 0 Å². The fraction of sp³-hybridized carbons (Fsp3) is 0.600. The average molecular weight is 249 g/mol. The highest BCUT2D eigenvalue weighted by Crippen LogP contribution is 2.40. The molecule has 2 heteroatoms. The summed E-state index contributed by atoms with van der Waals surface area (Å²) in [5.41, 5.74) is 1.55. The highest BCUT2D eigenvalue weighted by atomic mass is 32.2. The third kappa shape index (κ3) is 3.26. The van der Waals surface area contributed by atoms with Gasteiger partial charge in [-0.1, -0.05) is 32.0 Å². The maximum Gasteiger partial charge on any atom is 0.0138 e. The lowest BCUT2D eigenvalue weighted by atomic mass is 9.90. The van der Waals surface area contributed by atoms with Crippen LogP contribution in [-0.4, -0.2) is 18.8 Å². The van der Waals surface area contributed by atoms with E-state index >= 15 is 0 Å². The zero-order chi connectivity index (χ0) is 12.3. The number of hydrogen-bond donors (Lipinski definition) is 1. The minimum atomic E-state index is 0.768. The molecule has 0 aromatic heterocycles. The predicted molar refractivity (Wildman–Crippen MR) is 76.7 cm³/mol. The summed E-state index contributed by atoms with van der Waals surface area (Å²) in [6.45, 7) is 5.88. The second kappa shape index (κ2) is 5.92. The first-order valence-electron chi connectivity index (χ1n) is 6.60. The van der Waals surface area contributed by atoms with Crippen LogP contribution in [0.5, 0.6) is 0 Å². The fourth-order valence-corrected chi connectivity index (χ4v) is 4.04. The van der Waals surface area contributed by atoms with Crippen LogP contribution < -0.4 is 5.32 Å². The van der Waals surface area contributed by atoms with Gasteiger partial charge >= 0.3 is 0 Å². The van der Waals surface area contributed by atoms with Crippen molar-refractivity contribution >= 4 is 11.8 Å². The maximum absolute atomic E-state index is 3.28. The van der Waals surface area contributed by atoms with Gasteiger partial charge in [0.1, 0.15) is 0 Å². The molecule has 1 nitrogen and oxygen atoms in total. The highest BCUT2D eigenvalue weighted by Gasteiger charge is 2.25. The Kier molecular flexibility index (Phi) is 4.52. The van der Waals surface area contributed by atoms with Crippen molar-refractivity contribution in [2.24, 2.45) is 11.8 Å². The van der Waals surface area contributed by atoms with Crippen LogP contribution in [0.3, 0.4) is 0 Å². The van der Waals surface area contributed by atoms with Gasteiger partial charge in [0.15, 0.2) is 0 Å². The largest absolute Gasteiger partial charge is 0.319 e. The Balaban J connectivity index is 1.87. The predicted octanol–water partition coefficient (Wildman–Crippen LogP) is 3.59. The van der Waals surface area contributed by atoms with Gasteiger partial charge < -0.3 is 5.32 Å². The first-order valence-corrected chi connectivity index (χ1v) is 7.47. The van der Waals surface area contributed by atoms with Gasteiger partial charge in [0.2, 0.25) is 0 Å². The molecule has 0 fully saturated rings. The summed E-state index contributed by atoms with van der Waals surface area (Å²) in [6, 6.07) is 8.86. The molecular formula is C15H23NS. The summed E-state index contributed by atoms with van der Waals surface area (Å²) in [4.78, 5) is 1.51. The van der Waals surface area contributed by atoms with Gasteiger partial charge in [-0.05, 0) is 49.9 Å². The second-order valence-corrected chi connectivity index (χ2v) is 6.64. The van der Waals surface area contributed by atoms with E-state index in [0.717, 1.165) is 23.6 Å². The van der Waals surface area contributed by atoms with Crippen molar-refractivity contribution in [2.45, 2.75) is 36.8 Å². The number of thioether (sulfide) groups is 1. The van der Waals surface area contributed by atoms with E-state index in [1.54, 1.807) is 5.56 Å². The van der Waals surface area contributed by atoms with Crippen LogP contribution in [0.1, 0.15) is 25.8 Å². The van der Waals surface area contributed by atoms with Crippen molar-refractivity contribution in [2.75, 3.05) is 13.6 Å². The van der Waals surface area contributed by atoms with Crippen molar-refractivity contribution in [3.8, 4) is 0 Å². The van der Waals surface area contributed by atoms with Crippen LogP contribution >= 0.6 is 11.8 Å². The van der Waals surface area contributed by atoms with Gasteiger partial charge in [0, 0.05) is 10.1 Å². The number of hydrogen-bond acceptors (Lipinski definition) is 2. The van der Waals surface area contributed by atoms with Gasteiger partial charge in [0.05, 0.1) is 0 Å². The molecule has 1 aliphatic rings. The number of rotatable bonds is 5. The van der Waals surface area contributed by atoms with Crippen molar-refractivity contribution in [3.05, 3.63) is 29.8 Å². The molecule has 1 aromatic carbocycles. The molecule has 0 spiro atoms. The van der Waals surface area contributed by atoms with Gasteiger partial charge in [-0.25, -0.2) is 0 Å². The Morgan fingerprint density at radius 3 is 2.76 bits per heavy atom. The molecule has 1 heterocycles. The van der Waals surface area contributed by atoms with Crippen LogP contribution in [0, 0.1) is 11.8 Å². The first-order chi connectivity index (χ1) is 8.20. The summed E-state index contributed by atoms with van der Waals surface area (Å²) in [5.74, 6) is 1.57. The molecule has 0 saturated carbocycles. The van der Waals surface area contributed by atoms with Crippen LogP contribution in [0.2, 0.25) is 0 Å². The summed E-state index contributed by atoms with van der Waals surface area (Å²) in [7, 11) is 2.05. The molecular weight excluding hydrogens is 226 g/mol. The minimum Gasteiger partial charge on any atom is -0.319 e. The molecule has 3 atom stereocenters. The van der Waals surface area contributed by atoms with E-state index in [4.69, 9.17) is 0 Å². The zero-order valence-electron chi connectivity index (χ0n) is 11.1.